The molecule has 1 heterocycles. The Labute approximate surface area is 104 Å². The lowest BCUT2D eigenvalue weighted by Gasteiger charge is -2.02. The van der Waals surface area contributed by atoms with Crippen LogP contribution < -0.4 is 5.32 Å². The molecule has 0 saturated carbocycles. The van der Waals surface area contributed by atoms with Gasteiger partial charge in [0.25, 0.3) is 0 Å². The second kappa shape index (κ2) is 7.29. The third kappa shape index (κ3) is 5.31. The molecule has 0 atom stereocenters. The molecule has 18 heavy (non-hydrogen) atoms. The van der Waals surface area contributed by atoms with E-state index in [0.717, 1.165) is 6.08 Å². The van der Waals surface area contributed by atoms with E-state index in [1.165, 1.54) is 6.08 Å². The number of hydrogen-bond donors (Lipinski definition) is 2. The summed E-state index contributed by atoms with van der Waals surface area (Å²) in [6.45, 7) is 0.901. The quantitative estimate of drug-likeness (QED) is 0.551. The van der Waals surface area contributed by atoms with E-state index in [-0.39, 0.29) is 12.3 Å². The Hall–Kier alpha value is -2.08. The lowest BCUT2D eigenvalue weighted by atomic mass is 10.3. The van der Waals surface area contributed by atoms with Gasteiger partial charge in [0.15, 0.2) is 0 Å². The first-order valence-corrected chi connectivity index (χ1v) is 5.37. The molecule has 98 valence electrons. The van der Waals surface area contributed by atoms with Gasteiger partial charge in [0, 0.05) is 19.7 Å². The molecule has 1 aromatic heterocycles. The Bertz CT molecular complexity index is 435. The minimum atomic E-state index is -1.05. The molecule has 1 aromatic rings. The number of furan rings is 1. The summed E-state index contributed by atoms with van der Waals surface area (Å²) >= 11 is 0. The molecular formula is C12H15NO5. The van der Waals surface area contributed by atoms with Crippen molar-refractivity contribution in [1.82, 2.24) is 5.32 Å². The fraction of sp³-hybridized carbons (Fsp3) is 0.333. The Morgan fingerprint density at radius 3 is 2.94 bits per heavy atom. The average molecular weight is 253 g/mol. The van der Waals surface area contributed by atoms with Crippen molar-refractivity contribution >= 4 is 18.0 Å². The van der Waals surface area contributed by atoms with Crippen LogP contribution in [0.2, 0.25) is 0 Å². The molecule has 0 aliphatic heterocycles. The molecule has 0 unspecified atom stereocenters. The average Bonchev–Trinajstić information content (AvgIpc) is 2.74. The monoisotopic (exact) mass is 253 g/mol. The number of ether oxygens (including phenoxy) is 1. The van der Waals surface area contributed by atoms with Gasteiger partial charge in [0.2, 0.25) is 5.91 Å². The Balaban J connectivity index is 2.43. The van der Waals surface area contributed by atoms with Crippen molar-refractivity contribution < 1.29 is 23.8 Å². The number of rotatable bonds is 7. The van der Waals surface area contributed by atoms with Crippen molar-refractivity contribution in [2.45, 2.75) is 6.42 Å². The maximum Gasteiger partial charge on any atom is 0.328 e. The second-order valence-electron chi connectivity index (χ2n) is 3.50. The highest BCUT2D eigenvalue weighted by molar-refractivity contribution is 5.84. The van der Waals surface area contributed by atoms with E-state index in [0.29, 0.717) is 24.7 Å². The van der Waals surface area contributed by atoms with Gasteiger partial charge in [-0.05, 0) is 18.2 Å². The fourth-order valence-electron chi connectivity index (χ4n) is 1.25. The number of aliphatic carboxylic acids is 1. The van der Waals surface area contributed by atoms with Crippen molar-refractivity contribution in [3.8, 4) is 0 Å². The summed E-state index contributed by atoms with van der Waals surface area (Å²) in [5.41, 5.74) is 0. The van der Waals surface area contributed by atoms with E-state index in [1.807, 2.05) is 0 Å². The minimum Gasteiger partial charge on any atom is -0.478 e. The fourth-order valence-corrected chi connectivity index (χ4v) is 1.25. The normalized spacial score (nSPS) is 10.7. The maximum absolute atomic E-state index is 11.4. The van der Waals surface area contributed by atoms with Crippen LogP contribution in [0.1, 0.15) is 11.5 Å². The van der Waals surface area contributed by atoms with Gasteiger partial charge < -0.3 is 19.6 Å². The molecule has 0 aliphatic rings. The Kier molecular flexibility index (Phi) is 5.66. The van der Waals surface area contributed by atoms with Crippen molar-refractivity contribution in [1.29, 1.82) is 0 Å². The minimum absolute atomic E-state index is 0.116. The molecule has 0 saturated heterocycles. The largest absolute Gasteiger partial charge is 0.478 e. The van der Waals surface area contributed by atoms with Gasteiger partial charge in [-0.3, -0.25) is 4.79 Å². The third-order valence-electron chi connectivity index (χ3n) is 2.04. The SMILES string of the molecule is COCCNC(=O)Cc1ccc(/C=C/C(=O)O)o1. The molecule has 0 spiro atoms. The summed E-state index contributed by atoms with van der Waals surface area (Å²) in [5, 5.41) is 11.1. The molecule has 0 aromatic carbocycles. The molecule has 2 N–H and O–H groups in total. The van der Waals surface area contributed by atoms with Gasteiger partial charge in [0.05, 0.1) is 13.0 Å². The number of carbonyl (C=O) groups is 2. The number of carboxylic acid groups (broad SMARTS) is 1. The zero-order chi connectivity index (χ0) is 13.4. The first-order chi connectivity index (χ1) is 8.61. The second-order valence-corrected chi connectivity index (χ2v) is 3.50. The number of nitrogens with one attached hydrogen (secondary N) is 1. The van der Waals surface area contributed by atoms with Crippen molar-refractivity contribution in [3.05, 3.63) is 29.7 Å². The topological polar surface area (TPSA) is 88.8 Å². The molecule has 1 rings (SSSR count). The summed E-state index contributed by atoms with van der Waals surface area (Å²) in [6.07, 6.45) is 2.42. The number of methoxy groups -OCH3 is 1. The van der Waals surface area contributed by atoms with Crippen molar-refractivity contribution in [2.75, 3.05) is 20.3 Å². The van der Waals surface area contributed by atoms with Crippen LogP contribution in [0.15, 0.2) is 22.6 Å². The molecule has 1 amide bonds. The van der Waals surface area contributed by atoms with Gasteiger partial charge >= 0.3 is 5.97 Å². The van der Waals surface area contributed by atoms with Crippen LogP contribution in [0, 0.1) is 0 Å². The van der Waals surface area contributed by atoms with Crippen LogP contribution >= 0.6 is 0 Å². The zero-order valence-corrected chi connectivity index (χ0v) is 10.0. The van der Waals surface area contributed by atoms with Crippen LogP contribution in [0.3, 0.4) is 0 Å². The van der Waals surface area contributed by atoms with E-state index in [1.54, 1.807) is 19.2 Å². The smallest absolute Gasteiger partial charge is 0.328 e. The third-order valence-corrected chi connectivity index (χ3v) is 2.04. The van der Waals surface area contributed by atoms with E-state index < -0.39 is 5.97 Å². The number of amides is 1. The molecular weight excluding hydrogens is 238 g/mol. The highest BCUT2D eigenvalue weighted by Crippen LogP contribution is 2.10. The first-order valence-electron chi connectivity index (χ1n) is 5.37. The lowest BCUT2D eigenvalue weighted by Crippen LogP contribution is -2.28. The molecule has 0 bridgehead atoms. The van der Waals surface area contributed by atoms with Crippen LogP contribution in [-0.2, 0) is 20.7 Å². The summed E-state index contributed by atoms with van der Waals surface area (Å²) in [7, 11) is 1.56. The Morgan fingerprint density at radius 1 is 1.50 bits per heavy atom. The summed E-state index contributed by atoms with van der Waals surface area (Å²) in [5.74, 6) is -0.340. The zero-order valence-electron chi connectivity index (χ0n) is 10.0. The molecule has 0 fully saturated rings. The van der Waals surface area contributed by atoms with E-state index in [2.05, 4.69) is 5.32 Å². The van der Waals surface area contributed by atoms with E-state index in [4.69, 9.17) is 14.3 Å². The van der Waals surface area contributed by atoms with Gasteiger partial charge in [-0.1, -0.05) is 0 Å². The van der Waals surface area contributed by atoms with Crippen LogP contribution in [0.25, 0.3) is 6.08 Å². The highest BCUT2D eigenvalue weighted by Gasteiger charge is 2.06. The van der Waals surface area contributed by atoms with Gasteiger partial charge in [-0.2, -0.15) is 0 Å². The summed E-state index contributed by atoms with van der Waals surface area (Å²) < 4.78 is 10.1. The Morgan fingerprint density at radius 2 is 2.28 bits per heavy atom. The lowest BCUT2D eigenvalue weighted by molar-refractivity contribution is -0.131. The van der Waals surface area contributed by atoms with Crippen LogP contribution in [0.5, 0.6) is 0 Å². The predicted molar refractivity (Wildman–Crippen MR) is 64.0 cm³/mol. The molecule has 6 nitrogen and oxygen atoms in total. The highest BCUT2D eigenvalue weighted by atomic mass is 16.5. The molecule has 0 radical (unpaired) electrons. The maximum atomic E-state index is 11.4. The van der Waals surface area contributed by atoms with Crippen LogP contribution in [0.4, 0.5) is 0 Å². The van der Waals surface area contributed by atoms with Crippen molar-refractivity contribution in [2.24, 2.45) is 0 Å². The standard InChI is InChI=1S/C12H15NO5/c1-17-7-6-13-11(14)8-10-3-2-9(18-10)4-5-12(15)16/h2-5H,6-8H2,1H3,(H,13,14)(H,15,16)/b5-4+. The number of carboxylic acids is 1. The van der Waals surface area contributed by atoms with Crippen LogP contribution in [-0.4, -0.2) is 37.2 Å². The van der Waals surface area contributed by atoms with Gasteiger partial charge in [-0.15, -0.1) is 0 Å². The predicted octanol–water partition coefficient (Wildman–Crippen LogP) is 0.682. The van der Waals surface area contributed by atoms with Gasteiger partial charge in [-0.25, -0.2) is 4.79 Å². The molecule has 0 aliphatic carbocycles. The van der Waals surface area contributed by atoms with Crippen molar-refractivity contribution in [3.63, 3.8) is 0 Å². The first kappa shape index (κ1) is 14.0. The summed E-state index contributed by atoms with van der Waals surface area (Å²) in [6, 6.07) is 3.24. The van der Waals surface area contributed by atoms with E-state index in [9.17, 15) is 9.59 Å². The number of carbonyl (C=O) groups excluding carboxylic acids is 1. The number of hydrogen-bond acceptors (Lipinski definition) is 4. The van der Waals surface area contributed by atoms with Gasteiger partial charge in [0.1, 0.15) is 11.5 Å². The molecule has 6 heteroatoms. The summed E-state index contributed by atoms with van der Waals surface area (Å²) in [4.78, 5) is 21.7. The van der Waals surface area contributed by atoms with E-state index >= 15 is 0 Å².